The largest absolute Gasteiger partial charge is 0.294 e. The maximum Gasteiger partial charge on any atom is 0.243 e. The Kier molecular flexibility index (Phi) is 3.94. The Morgan fingerprint density at radius 3 is 2.41 bits per heavy atom. The van der Waals surface area contributed by atoms with Gasteiger partial charge < -0.3 is 0 Å². The molecular weight excluding hydrogens is 252 g/mol. The third-order valence-corrected chi connectivity index (χ3v) is 3.65. The highest BCUT2D eigenvalue weighted by molar-refractivity contribution is 7.89. The summed E-state index contributed by atoms with van der Waals surface area (Å²) in [5.74, 6) is -3.20. The molecule has 7 heteroatoms. The Morgan fingerprint density at radius 1 is 1.35 bits per heavy atom. The number of rotatable bonds is 4. The van der Waals surface area contributed by atoms with E-state index in [4.69, 9.17) is 0 Å². The summed E-state index contributed by atoms with van der Waals surface area (Å²) in [5, 5.41) is 0. The van der Waals surface area contributed by atoms with Crippen molar-refractivity contribution in [3.05, 3.63) is 29.3 Å². The van der Waals surface area contributed by atoms with Crippen LogP contribution < -0.4 is 4.72 Å². The molecule has 0 saturated heterocycles. The lowest BCUT2D eigenvalue weighted by Crippen LogP contribution is -2.21. The van der Waals surface area contributed by atoms with Gasteiger partial charge in [-0.3, -0.25) is 4.79 Å². The fourth-order valence-electron chi connectivity index (χ4n) is 1.28. The lowest BCUT2D eigenvalue weighted by atomic mass is 10.1. The Hall–Kier alpha value is -1.34. The summed E-state index contributed by atoms with van der Waals surface area (Å²) < 4.78 is 51.8. The third kappa shape index (κ3) is 2.50. The normalized spacial score (nSPS) is 11.5. The molecule has 0 radical (unpaired) electrons. The molecule has 1 N–H and O–H groups in total. The third-order valence-electron chi connectivity index (χ3n) is 2.21. The number of ketones is 1. The molecule has 1 aromatic carbocycles. The zero-order chi connectivity index (χ0) is 13.2. The van der Waals surface area contributed by atoms with E-state index in [2.05, 4.69) is 0 Å². The van der Waals surface area contributed by atoms with Gasteiger partial charge in [-0.25, -0.2) is 21.9 Å². The van der Waals surface area contributed by atoms with E-state index in [0.717, 1.165) is 19.2 Å². The van der Waals surface area contributed by atoms with Gasteiger partial charge in [-0.1, -0.05) is 6.92 Å². The van der Waals surface area contributed by atoms with Gasteiger partial charge in [-0.2, -0.15) is 0 Å². The van der Waals surface area contributed by atoms with Crippen molar-refractivity contribution >= 4 is 15.8 Å². The second-order valence-electron chi connectivity index (χ2n) is 3.22. The number of sulfonamides is 1. The van der Waals surface area contributed by atoms with Crippen molar-refractivity contribution in [1.82, 2.24) is 4.72 Å². The summed E-state index contributed by atoms with van der Waals surface area (Å²) in [6.45, 7) is 1.43. The Labute approximate surface area is 97.7 Å². The smallest absolute Gasteiger partial charge is 0.243 e. The van der Waals surface area contributed by atoms with Crippen molar-refractivity contribution in [3.8, 4) is 0 Å². The van der Waals surface area contributed by atoms with Crippen LogP contribution in [0.3, 0.4) is 0 Å². The summed E-state index contributed by atoms with van der Waals surface area (Å²) in [7, 11) is -2.96. The maximum atomic E-state index is 13.8. The fourth-order valence-corrected chi connectivity index (χ4v) is 2.09. The van der Waals surface area contributed by atoms with Crippen molar-refractivity contribution in [2.75, 3.05) is 7.05 Å². The van der Waals surface area contributed by atoms with E-state index in [9.17, 15) is 22.0 Å². The number of nitrogens with one attached hydrogen (secondary N) is 1. The molecule has 0 bridgehead atoms. The zero-order valence-corrected chi connectivity index (χ0v) is 10.1. The average molecular weight is 263 g/mol. The summed E-state index contributed by atoms with van der Waals surface area (Å²) in [4.78, 5) is 10.6. The molecule has 0 atom stereocenters. The Balaban J connectivity index is 3.55. The van der Waals surface area contributed by atoms with Crippen molar-refractivity contribution < 1.29 is 22.0 Å². The molecule has 17 heavy (non-hydrogen) atoms. The Bertz CT molecular complexity index is 555. The number of carbonyl (C=O) groups is 1. The summed E-state index contributed by atoms with van der Waals surface area (Å²) >= 11 is 0. The first-order valence-electron chi connectivity index (χ1n) is 4.80. The zero-order valence-electron chi connectivity index (χ0n) is 9.25. The molecule has 0 saturated carbocycles. The van der Waals surface area contributed by atoms with Crippen molar-refractivity contribution in [1.29, 1.82) is 0 Å². The minimum atomic E-state index is -4.05. The van der Waals surface area contributed by atoms with Gasteiger partial charge in [-0.15, -0.1) is 0 Å². The van der Waals surface area contributed by atoms with Crippen LogP contribution in [0.1, 0.15) is 23.7 Å². The highest BCUT2D eigenvalue weighted by Gasteiger charge is 2.25. The lowest BCUT2D eigenvalue weighted by Gasteiger charge is -2.08. The molecule has 0 aliphatic rings. The second-order valence-corrected chi connectivity index (χ2v) is 5.07. The van der Waals surface area contributed by atoms with E-state index in [1.165, 1.54) is 6.92 Å². The van der Waals surface area contributed by atoms with Crippen molar-refractivity contribution in [2.45, 2.75) is 18.2 Å². The fraction of sp³-hybridized carbons (Fsp3) is 0.300. The van der Waals surface area contributed by atoms with Gasteiger partial charge in [0.25, 0.3) is 0 Å². The molecule has 1 rings (SSSR count). The van der Waals surface area contributed by atoms with Gasteiger partial charge >= 0.3 is 0 Å². The van der Waals surface area contributed by atoms with Crippen LogP contribution in [0.25, 0.3) is 0 Å². The highest BCUT2D eigenvalue weighted by atomic mass is 32.2. The number of Topliss-reactive ketones (excluding diaryl/α,β-unsaturated/α-hetero) is 1. The predicted octanol–water partition coefficient (Wildman–Crippen LogP) is 1.47. The minimum Gasteiger partial charge on any atom is -0.294 e. The molecule has 0 aliphatic carbocycles. The Morgan fingerprint density at radius 2 is 1.94 bits per heavy atom. The second kappa shape index (κ2) is 4.89. The van der Waals surface area contributed by atoms with Gasteiger partial charge in [0.05, 0.1) is 5.56 Å². The van der Waals surface area contributed by atoms with Crippen LogP contribution in [0.4, 0.5) is 8.78 Å². The van der Waals surface area contributed by atoms with Crippen molar-refractivity contribution in [3.63, 3.8) is 0 Å². The first-order valence-corrected chi connectivity index (χ1v) is 6.28. The number of hydrogen-bond acceptors (Lipinski definition) is 3. The number of halogens is 2. The van der Waals surface area contributed by atoms with E-state index in [1.807, 2.05) is 4.72 Å². The summed E-state index contributed by atoms with van der Waals surface area (Å²) in [6, 6.07) is 1.54. The SMILES string of the molecule is CCC(=O)c1c(F)ccc(S(=O)(=O)NC)c1F. The highest BCUT2D eigenvalue weighted by Crippen LogP contribution is 2.21. The van der Waals surface area contributed by atoms with Crippen LogP contribution in [0, 0.1) is 11.6 Å². The molecule has 0 fully saturated rings. The minimum absolute atomic E-state index is 0.114. The molecule has 1 aromatic rings. The summed E-state index contributed by atoms with van der Waals surface area (Å²) in [5.41, 5.74) is -0.816. The van der Waals surface area contributed by atoms with Crippen LogP contribution in [0.2, 0.25) is 0 Å². The van der Waals surface area contributed by atoms with Crippen LogP contribution >= 0.6 is 0 Å². The standard InChI is InChI=1S/C10H11F2NO3S/c1-3-7(14)9-6(11)4-5-8(10(9)12)17(15,16)13-2/h4-5,13H,3H2,1-2H3. The van der Waals surface area contributed by atoms with E-state index in [1.54, 1.807) is 0 Å². The maximum absolute atomic E-state index is 13.8. The van der Waals surface area contributed by atoms with Gasteiger partial charge in [0.2, 0.25) is 10.0 Å². The molecule has 0 aromatic heterocycles. The lowest BCUT2D eigenvalue weighted by molar-refractivity contribution is 0.0979. The summed E-state index contributed by atoms with van der Waals surface area (Å²) in [6.07, 6.45) is -0.114. The van der Waals surface area contributed by atoms with Crippen LogP contribution in [-0.4, -0.2) is 21.2 Å². The molecule has 0 unspecified atom stereocenters. The van der Waals surface area contributed by atoms with Gasteiger partial charge in [0.15, 0.2) is 11.6 Å². The van der Waals surface area contributed by atoms with Crippen LogP contribution in [0.5, 0.6) is 0 Å². The van der Waals surface area contributed by atoms with Crippen molar-refractivity contribution in [2.24, 2.45) is 0 Å². The number of carbonyl (C=O) groups excluding carboxylic acids is 1. The molecule has 0 aliphatic heterocycles. The average Bonchev–Trinajstić information content (AvgIpc) is 2.28. The monoisotopic (exact) mass is 263 g/mol. The molecule has 0 heterocycles. The van der Waals surface area contributed by atoms with Gasteiger partial charge in [0.1, 0.15) is 10.7 Å². The molecule has 4 nitrogen and oxygen atoms in total. The number of benzene rings is 1. The first kappa shape index (κ1) is 13.7. The predicted molar refractivity (Wildman–Crippen MR) is 57.2 cm³/mol. The molecular formula is C10H11F2NO3S. The first-order chi connectivity index (χ1) is 7.85. The van der Waals surface area contributed by atoms with E-state index in [0.29, 0.717) is 0 Å². The van der Waals surface area contributed by atoms with E-state index in [-0.39, 0.29) is 6.42 Å². The van der Waals surface area contributed by atoms with Crippen LogP contribution in [0.15, 0.2) is 17.0 Å². The molecule has 0 spiro atoms. The van der Waals surface area contributed by atoms with Crippen LogP contribution in [-0.2, 0) is 10.0 Å². The van der Waals surface area contributed by atoms with E-state index < -0.39 is 37.9 Å². The quantitative estimate of drug-likeness (QED) is 0.837. The molecule has 94 valence electrons. The van der Waals surface area contributed by atoms with Gasteiger partial charge in [-0.05, 0) is 19.2 Å². The molecule has 0 amide bonds. The van der Waals surface area contributed by atoms with Gasteiger partial charge in [0, 0.05) is 6.42 Å². The van der Waals surface area contributed by atoms with E-state index >= 15 is 0 Å². The number of hydrogen-bond donors (Lipinski definition) is 1. The topological polar surface area (TPSA) is 63.2 Å².